The molecule has 1 aromatic heterocycles. The Bertz CT molecular complexity index is 486. The minimum Gasteiger partial charge on any atom is -0.383 e. The standard InChI is InChI=1S/C14H25N5O2/c1-11-12(10-15-6-9-21-3)14(18(2)17-11)19-7-4-13(20)16-5-8-19/h15H,4-10H2,1-3H3,(H,16,20). The molecule has 1 amide bonds. The van der Waals surface area contributed by atoms with E-state index in [1.54, 1.807) is 7.11 Å². The lowest BCUT2D eigenvalue weighted by Crippen LogP contribution is -2.31. The van der Waals surface area contributed by atoms with Crippen LogP contribution in [0.15, 0.2) is 0 Å². The van der Waals surface area contributed by atoms with Crippen LogP contribution in [0, 0.1) is 6.92 Å². The number of nitrogens with zero attached hydrogens (tertiary/aromatic N) is 3. The zero-order chi connectivity index (χ0) is 15.2. The van der Waals surface area contributed by atoms with Crippen molar-refractivity contribution in [2.75, 3.05) is 44.8 Å². The number of nitrogens with one attached hydrogen (secondary N) is 2. The Morgan fingerprint density at radius 2 is 2.24 bits per heavy atom. The molecule has 0 aromatic carbocycles. The summed E-state index contributed by atoms with van der Waals surface area (Å²) in [7, 11) is 3.66. The van der Waals surface area contributed by atoms with Crippen LogP contribution in [-0.4, -0.2) is 55.6 Å². The lowest BCUT2D eigenvalue weighted by molar-refractivity contribution is -0.120. The van der Waals surface area contributed by atoms with Crippen molar-refractivity contribution < 1.29 is 9.53 Å². The van der Waals surface area contributed by atoms with Crippen LogP contribution < -0.4 is 15.5 Å². The maximum atomic E-state index is 11.5. The number of carbonyl (C=O) groups is 1. The number of rotatable bonds is 6. The zero-order valence-corrected chi connectivity index (χ0v) is 13.1. The number of amides is 1. The van der Waals surface area contributed by atoms with E-state index in [2.05, 4.69) is 20.6 Å². The highest BCUT2D eigenvalue weighted by Gasteiger charge is 2.21. The Morgan fingerprint density at radius 3 is 3.00 bits per heavy atom. The molecular weight excluding hydrogens is 270 g/mol. The fraction of sp³-hybridized carbons (Fsp3) is 0.714. The fourth-order valence-corrected chi connectivity index (χ4v) is 2.66. The third-order valence-electron chi connectivity index (χ3n) is 3.71. The van der Waals surface area contributed by atoms with Gasteiger partial charge in [-0.3, -0.25) is 9.48 Å². The average Bonchev–Trinajstić information content (AvgIpc) is 2.62. The van der Waals surface area contributed by atoms with Gasteiger partial charge in [0, 0.05) is 58.9 Å². The number of ether oxygens (including phenoxy) is 1. The molecule has 0 bridgehead atoms. The van der Waals surface area contributed by atoms with E-state index in [1.807, 2.05) is 18.7 Å². The highest BCUT2D eigenvalue weighted by atomic mass is 16.5. The summed E-state index contributed by atoms with van der Waals surface area (Å²) in [5, 5.41) is 10.8. The van der Waals surface area contributed by atoms with E-state index < -0.39 is 0 Å². The van der Waals surface area contributed by atoms with Crippen molar-refractivity contribution in [2.24, 2.45) is 7.05 Å². The first-order valence-electron chi connectivity index (χ1n) is 7.37. The van der Waals surface area contributed by atoms with E-state index >= 15 is 0 Å². The molecular formula is C14H25N5O2. The smallest absolute Gasteiger partial charge is 0.221 e. The molecule has 2 rings (SSSR count). The average molecular weight is 295 g/mol. The lowest BCUT2D eigenvalue weighted by atomic mass is 10.2. The van der Waals surface area contributed by atoms with Crippen molar-refractivity contribution in [1.82, 2.24) is 20.4 Å². The molecule has 0 atom stereocenters. The Labute approximate surface area is 125 Å². The molecule has 1 aliphatic heterocycles. The predicted molar refractivity (Wildman–Crippen MR) is 81.4 cm³/mol. The van der Waals surface area contributed by atoms with Gasteiger partial charge in [0.1, 0.15) is 5.82 Å². The molecule has 0 saturated carbocycles. The molecule has 21 heavy (non-hydrogen) atoms. The van der Waals surface area contributed by atoms with Crippen LogP contribution in [0.4, 0.5) is 5.82 Å². The summed E-state index contributed by atoms with van der Waals surface area (Å²) < 4.78 is 6.97. The van der Waals surface area contributed by atoms with E-state index in [9.17, 15) is 4.79 Å². The summed E-state index contributed by atoms with van der Waals surface area (Å²) in [5.41, 5.74) is 2.23. The van der Waals surface area contributed by atoms with Gasteiger partial charge in [-0.25, -0.2) is 0 Å². The van der Waals surface area contributed by atoms with Gasteiger partial charge in [0.25, 0.3) is 0 Å². The van der Waals surface area contributed by atoms with Crippen LogP contribution in [0.5, 0.6) is 0 Å². The highest BCUT2D eigenvalue weighted by Crippen LogP contribution is 2.23. The number of hydrogen-bond acceptors (Lipinski definition) is 5. The number of carbonyl (C=O) groups excluding carboxylic acids is 1. The maximum Gasteiger partial charge on any atom is 0.221 e. The number of methoxy groups -OCH3 is 1. The van der Waals surface area contributed by atoms with Crippen LogP contribution in [0.1, 0.15) is 17.7 Å². The Balaban J connectivity index is 2.11. The molecule has 0 radical (unpaired) electrons. The second-order valence-corrected chi connectivity index (χ2v) is 5.27. The fourth-order valence-electron chi connectivity index (χ4n) is 2.66. The number of aromatic nitrogens is 2. The first-order valence-corrected chi connectivity index (χ1v) is 7.37. The van der Waals surface area contributed by atoms with Crippen molar-refractivity contribution in [3.63, 3.8) is 0 Å². The second kappa shape index (κ2) is 7.42. The highest BCUT2D eigenvalue weighted by molar-refractivity contribution is 5.77. The molecule has 1 fully saturated rings. The predicted octanol–water partition coefficient (Wildman–Crippen LogP) is -0.209. The topological polar surface area (TPSA) is 71.4 Å². The number of aryl methyl sites for hydroxylation is 2. The van der Waals surface area contributed by atoms with Gasteiger partial charge >= 0.3 is 0 Å². The first-order chi connectivity index (χ1) is 10.1. The monoisotopic (exact) mass is 295 g/mol. The number of anilines is 1. The summed E-state index contributed by atoms with van der Waals surface area (Å²) in [5.74, 6) is 1.23. The minimum atomic E-state index is 0.121. The van der Waals surface area contributed by atoms with E-state index in [0.29, 0.717) is 19.6 Å². The third kappa shape index (κ3) is 3.95. The number of hydrogen-bond donors (Lipinski definition) is 2. The zero-order valence-electron chi connectivity index (χ0n) is 13.1. The normalized spacial score (nSPS) is 16.0. The van der Waals surface area contributed by atoms with E-state index in [1.165, 1.54) is 5.56 Å². The van der Waals surface area contributed by atoms with Crippen molar-refractivity contribution in [1.29, 1.82) is 0 Å². The van der Waals surface area contributed by atoms with Crippen molar-refractivity contribution >= 4 is 11.7 Å². The first kappa shape index (κ1) is 15.8. The minimum absolute atomic E-state index is 0.121. The maximum absolute atomic E-state index is 11.5. The second-order valence-electron chi connectivity index (χ2n) is 5.27. The summed E-state index contributed by atoms with van der Waals surface area (Å²) in [6.45, 7) is 6.51. The van der Waals surface area contributed by atoms with Gasteiger partial charge in [-0.1, -0.05) is 0 Å². The van der Waals surface area contributed by atoms with Crippen molar-refractivity contribution in [3.8, 4) is 0 Å². The Hall–Kier alpha value is -1.60. The molecule has 2 N–H and O–H groups in total. The third-order valence-corrected chi connectivity index (χ3v) is 3.71. The largest absolute Gasteiger partial charge is 0.383 e. The van der Waals surface area contributed by atoms with Crippen molar-refractivity contribution in [3.05, 3.63) is 11.3 Å². The van der Waals surface area contributed by atoms with Crippen LogP contribution in [0.2, 0.25) is 0 Å². The van der Waals surface area contributed by atoms with Gasteiger partial charge in [0.2, 0.25) is 5.91 Å². The van der Waals surface area contributed by atoms with E-state index in [-0.39, 0.29) is 5.91 Å². The summed E-state index contributed by atoms with van der Waals surface area (Å²) in [6.07, 6.45) is 0.529. The summed E-state index contributed by atoms with van der Waals surface area (Å²) in [6, 6.07) is 0. The molecule has 1 saturated heterocycles. The van der Waals surface area contributed by atoms with E-state index in [4.69, 9.17) is 4.74 Å². The van der Waals surface area contributed by atoms with Gasteiger partial charge in [0.15, 0.2) is 0 Å². The SMILES string of the molecule is COCCNCc1c(C)nn(C)c1N1CCNC(=O)CC1. The van der Waals surface area contributed by atoms with Crippen LogP contribution >= 0.6 is 0 Å². The molecule has 0 spiro atoms. The van der Waals surface area contributed by atoms with Gasteiger partial charge in [-0.2, -0.15) is 5.10 Å². The molecule has 0 aliphatic carbocycles. The van der Waals surface area contributed by atoms with Gasteiger partial charge in [-0.15, -0.1) is 0 Å². The van der Waals surface area contributed by atoms with Crippen molar-refractivity contribution in [2.45, 2.75) is 19.9 Å². The molecule has 7 heteroatoms. The van der Waals surface area contributed by atoms with Gasteiger partial charge < -0.3 is 20.3 Å². The molecule has 2 heterocycles. The van der Waals surface area contributed by atoms with Gasteiger partial charge in [0.05, 0.1) is 12.3 Å². The molecule has 1 aliphatic rings. The Morgan fingerprint density at radius 1 is 1.43 bits per heavy atom. The van der Waals surface area contributed by atoms with Crippen LogP contribution in [0.3, 0.4) is 0 Å². The summed E-state index contributed by atoms with van der Waals surface area (Å²) >= 11 is 0. The van der Waals surface area contributed by atoms with Gasteiger partial charge in [-0.05, 0) is 6.92 Å². The molecule has 1 aromatic rings. The Kier molecular flexibility index (Phi) is 5.58. The van der Waals surface area contributed by atoms with Crippen LogP contribution in [0.25, 0.3) is 0 Å². The molecule has 7 nitrogen and oxygen atoms in total. The van der Waals surface area contributed by atoms with E-state index in [0.717, 1.165) is 37.7 Å². The quantitative estimate of drug-likeness (QED) is 0.711. The lowest BCUT2D eigenvalue weighted by Gasteiger charge is -2.23. The van der Waals surface area contributed by atoms with Crippen LogP contribution in [-0.2, 0) is 23.1 Å². The molecule has 118 valence electrons. The molecule has 0 unspecified atom stereocenters. The summed E-state index contributed by atoms with van der Waals surface area (Å²) in [4.78, 5) is 13.7.